The van der Waals surface area contributed by atoms with Crippen LogP contribution in [0.4, 0.5) is 4.39 Å². The van der Waals surface area contributed by atoms with Crippen molar-refractivity contribution in [2.75, 3.05) is 14.1 Å². The summed E-state index contributed by atoms with van der Waals surface area (Å²) in [6.45, 7) is 0. The Hall–Kier alpha value is -2.95. The summed E-state index contributed by atoms with van der Waals surface area (Å²) < 4.78 is 15.7. The first kappa shape index (κ1) is 22.3. The maximum absolute atomic E-state index is 15.7. The number of nitrogens with two attached hydrogens (primary N) is 1. The zero-order valence-corrected chi connectivity index (χ0v) is 17.7. The Morgan fingerprint density at radius 1 is 1.25 bits per heavy atom. The van der Waals surface area contributed by atoms with Gasteiger partial charge < -0.3 is 26.2 Å². The van der Waals surface area contributed by atoms with E-state index in [4.69, 9.17) is 17.3 Å². The van der Waals surface area contributed by atoms with Crippen molar-refractivity contribution in [3.63, 3.8) is 0 Å². The van der Waals surface area contributed by atoms with Crippen LogP contribution in [0.3, 0.4) is 0 Å². The average molecular weight is 467 g/mol. The Morgan fingerprint density at radius 3 is 2.44 bits per heavy atom. The second-order valence-corrected chi connectivity index (χ2v) is 8.83. The number of phenolic OH excluding ortho intramolecular Hbond substituents is 1. The standard InChI is InChI=1S/C21H20ClFN2O7/c1-25(2)15-7-5-6-10(16(27)12-9(26)4-3-8(22)11(12)14(6)23)18(29)21(7,32)19(30)13(17(15)28)20(24)31/h3-4,6-7,14-15,26-27,30,32H,5H2,1-2H3,(H2,24,31)/t6-,7-,14-,15-,21-/m0/s1. The summed E-state index contributed by atoms with van der Waals surface area (Å²) in [6, 6.07) is 1.06. The number of fused-ring (bicyclic) bond motifs is 3. The highest BCUT2D eigenvalue weighted by molar-refractivity contribution is 6.32. The number of ketones is 2. The van der Waals surface area contributed by atoms with Gasteiger partial charge in [-0.05, 0) is 32.6 Å². The maximum Gasteiger partial charge on any atom is 0.255 e. The number of likely N-dealkylation sites (N-methyl/N-ethyl adjacent to an activating group) is 1. The fraction of sp³-hybridized carbons (Fsp3) is 0.381. The molecule has 32 heavy (non-hydrogen) atoms. The molecule has 11 heteroatoms. The normalized spacial score (nSPS) is 32.1. The van der Waals surface area contributed by atoms with Gasteiger partial charge in [-0.15, -0.1) is 0 Å². The van der Waals surface area contributed by atoms with Crippen LogP contribution in [0.1, 0.15) is 23.7 Å². The largest absolute Gasteiger partial charge is 0.508 e. The highest BCUT2D eigenvalue weighted by Gasteiger charge is 2.65. The van der Waals surface area contributed by atoms with Crippen molar-refractivity contribution in [1.82, 2.24) is 4.90 Å². The van der Waals surface area contributed by atoms with E-state index in [1.807, 2.05) is 0 Å². The number of aliphatic hydroxyl groups excluding tert-OH is 2. The second kappa shape index (κ2) is 7.03. The lowest BCUT2D eigenvalue weighted by molar-refractivity contribution is -0.155. The topological polar surface area (TPSA) is 161 Å². The van der Waals surface area contributed by atoms with Crippen LogP contribution in [0.2, 0.25) is 5.02 Å². The molecule has 1 fully saturated rings. The number of primary amides is 1. The lowest BCUT2D eigenvalue weighted by Gasteiger charge is -2.50. The van der Waals surface area contributed by atoms with Crippen LogP contribution in [-0.4, -0.2) is 68.5 Å². The van der Waals surface area contributed by atoms with Crippen LogP contribution in [0.25, 0.3) is 5.76 Å². The van der Waals surface area contributed by atoms with E-state index >= 15 is 4.39 Å². The highest BCUT2D eigenvalue weighted by atomic mass is 35.5. The molecule has 9 nitrogen and oxygen atoms in total. The van der Waals surface area contributed by atoms with E-state index in [9.17, 15) is 34.8 Å². The summed E-state index contributed by atoms with van der Waals surface area (Å²) in [5, 5.41) is 43.0. The molecule has 5 atom stereocenters. The van der Waals surface area contributed by atoms with Crippen molar-refractivity contribution < 1.29 is 39.2 Å². The van der Waals surface area contributed by atoms with E-state index in [1.165, 1.54) is 25.1 Å². The monoisotopic (exact) mass is 466 g/mol. The number of alkyl halides is 1. The van der Waals surface area contributed by atoms with Gasteiger partial charge in [-0.3, -0.25) is 19.3 Å². The van der Waals surface area contributed by atoms with Crippen LogP contribution in [0.15, 0.2) is 29.0 Å². The number of nitrogens with zero attached hydrogens (tertiary/aromatic N) is 1. The van der Waals surface area contributed by atoms with Gasteiger partial charge in [-0.2, -0.15) is 0 Å². The molecule has 1 aromatic carbocycles. The third kappa shape index (κ3) is 2.60. The molecule has 0 heterocycles. The first-order valence-corrected chi connectivity index (χ1v) is 10.0. The number of carbonyl (C=O) groups excluding carboxylic acids is 3. The van der Waals surface area contributed by atoms with Gasteiger partial charge in [0.05, 0.1) is 11.6 Å². The molecule has 1 amide bonds. The molecule has 0 aliphatic heterocycles. The number of hydrogen-bond donors (Lipinski definition) is 5. The third-order valence-corrected chi connectivity index (χ3v) is 6.92. The van der Waals surface area contributed by atoms with Crippen LogP contribution in [-0.2, 0) is 14.4 Å². The number of Topliss-reactive ketones (excluding diaryl/α,β-unsaturated/α-hetero) is 2. The smallest absolute Gasteiger partial charge is 0.255 e. The number of amides is 1. The molecule has 3 aliphatic carbocycles. The maximum atomic E-state index is 15.7. The van der Waals surface area contributed by atoms with Gasteiger partial charge in [0.15, 0.2) is 11.4 Å². The molecular weight excluding hydrogens is 447 g/mol. The van der Waals surface area contributed by atoms with E-state index in [0.29, 0.717) is 0 Å². The van der Waals surface area contributed by atoms with Crippen molar-refractivity contribution in [1.29, 1.82) is 0 Å². The molecule has 170 valence electrons. The summed E-state index contributed by atoms with van der Waals surface area (Å²) in [5.41, 5.74) is 0.266. The Labute approximate surface area is 186 Å². The molecule has 0 spiro atoms. The molecule has 0 bridgehead atoms. The summed E-state index contributed by atoms with van der Waals surface area (Å²) in [5.74, 6) is -8.83. The highest BCUT2D eigenvalue weighted by Crippen LogP contribution is 2.57. The van der Waals surface area contributed by atoms with E-state index < -0.39 is 81.1 Å². The van der Waals surface area contributed by atoms with Crippen LogP contribution >= 0.6 is 11.6 Å². The molecule has 1 aromatic rings. The molecule has 0 saturated heterocycles. The summed E-state index contributed by atoms with van der Waals surface area (Å²) >= 11 is 6.11. The van der Waals surface area contributed by atoms with Crippen molar-refractivity contribution in [2.24, 2.45) is 17.6 Å². The number of halogens is 2. The van der Waals surface area contributed by atoms with Gasteiger partial charge in [0, 0.05) is 28.0 Å². The Kier molecular flexibility index (Phi) is 4.89. The summed E-state index contributed by atoms with van der Waals surface area (Å²) in [6.07, 6.45) is -2.33. The van der Waals surface area contributed by atoms with Gasteiger partial charge in [0.2, 0.25) is 5.78 Å². The summed E-state index contributed by atoms with van der Waals surface area (Å²) in [4.78, 5) is 39.7. The van der Waals surface area contributed by atoms with Crippen molar-refractivity contribution in [3.05, 3.63) is 45.2 Å². The molecule has 4 rings (SSSR count). The quantitative estimate of drug-likeness (QED) is 0.404. The first-order valence-electron chi connectivity index (χ1n) is 9.65. The van der Waals surface area contributed by atoms with Crippen LogP contribution in [0.5, 0.6) is 5.75 Å². The van der Waals surface area contributed by atoms with Gasteiger partial charge in [-0.25, -0.2) is 4.39 Å². The molecule has 0 unspecified atom stereocenters. The fourth-order valence-electron chi connectivity index (χ4n) is 5.20. The fourth-order valence-corrected chi connectivity index (χ4v) is 5.46. The van der Waals surface area contributed by atoms with Gasteiger partial charge >= 0.3 is 0 Å². The average Bonchev–Trinajstić information content (AvgIpc) is 2.69. The van der Waals surface area contributed by atoms with E-state index in [0.717, 1.165) is 6.07 Å². The van der Waals surface area contributed by atoms with Crippen LogP contribution < -0.4 is 5.73 Å². The van der Waals surface area contributed by atoms with E-state index in [2.05, 4.69) is 0 Å². The van der Waals surface area contributed by atoms with Crippen LogP contribution in [0, 0.1) is 11.8 Å². The van der Waals surface area contributed by atoms with Gasteiger partial charge in [-0.1, -0.05) is 11.6 Å². The Morgan fingerprint density at radius 2 is 1.88 bits per heavy atom. The first-order chi connectivity index (χ1) is 14.8. The minimum atomic E-state index is -2.82. The predicted molar refractivity (Wildman–Crippen MR) is 109 cm³/mol. The van der Waals surface area contributed by atoms with E-state index in [-0.39, 0.29) is 17.0 Å². The zero-order chi connectivity index (χ0) is 23.9. The number of rotatable bonds is 2. The Balaban J connectivity index is 2.03. The zero-order valence-electron chi connectivity index (χ0n) is 17.0. The number of carbonyl (C=O) groups is 3. The molecule has 0 aromatic heterocycles. The third-order valence-electron chi connectivity index (χ3n) is 6.59. The minimum Gasteiger partial charge on any atom is -0.508 e. The lowest BCUT2D eigenvalue weighted by Crippen LogP contribution is -2.65. The van der Waals surface area contributed by atoms with Crippen molar-refractivity contribution in [3.8, 4) is 5.75 Å². The number of aliphatic hydroxyl groups is 3. The number of aromatic hydroxyl groups is 1. The molecule has 3 aliphatic rings. The molecule has 0 radical (unpaired) electrons. The minimum absolute atomic E-state index is 0.0909. The van der Waals surface area contributed by atoms with E-state index in [1.54, 1.807) is 0 Å². The van der Waals surface area contributed by atoms with Gasteiger partial charge in [0.1, 0.15) is 29.0 Å². The number of phenols is 1. The molecular formula is C21H20ClFN2O7. The van der Waals surface area contributed by atoms with Crippen molar-refractivity contribution in [2.45, 2.75) is 24.2 Å². The predicted octanol–water partition coefficient (Wildman–Crippen LogP) is 1.09. The van der Waals surface area contributed by atoms with Gasteiger partial charge in [0.25, 0.3) is 5.91 Å². The lowest BCUT2D eigenvalue weighted by atomic mass is 9.57. The van der Waals surface area contributed by atoms with Crippen molar-refractivity contribution >= 4 is 34.8 Å². The summed E-state index contributed by atoms with van der Waals surface area (Å²) in [7, 11) is 2.91. The second-order valence-electron chi connectivity index (χ2n) is 8.42. The Bertz CT molecular complexity index is 1160. The molecule has 6 N–H and O–H groups in total. The number of hydrogen-bond acceptors (Lipinski definition) is 8. The molecule has 1 saturated carbocycles. The number of benzene rings is 1. The SMILES string of the molecule is CN(C)[C@@H]1C(=O)C(C(N)=O)=C(O)[C@@]2(O)C(=O)C3=C(O)c4c(O)ccc(Cl)c4[C@@H](F)[C@H]3C[C@@H]12.